The van der Waals surface area contributed by atoms with Crippen molar-refractivity contribution in [3.8, 4) is 0 Å². The molecule has 0 atom stereocenters. The molecule has 2 aromatic carbocycles. The highest BCUT2D eigenvalue weighted by Crippen LogP contribution is 2.29. The molecule has 1 N–H and O–H groups in total. The van der Waals surface area contributed by atoms with E-state index in [0.717, 1.165) is 15.8 Å². The van der Waals surface area contributed by atoms with Crippen molar-refractivity contribution in [3.05, 3.63) is 69.3 Å². The number of pyridine rings is 1. The van der Waals surface area contributed by atoms with Crippen LogP contribution in [0.5, 0.6) is 0 Å². The van der Waals surface area contributed by atoms with Gasteiger partial charge < -0.3 is 5.32 Å². The average Bonchev–Trinajstić information content (AvgIpc) is 2.47. The second kappa shape index (κ2) is 5.49. The zero-order chi connectivity index (χ0) is 14.8. The molecular weight excluding hydrogens is 334 g/mol. The van der Waals surface area contributed by atoms with Gasteiger partial charge in [-0.1, -0.05) is 22.0 Å². The second-order valence-electron chi connectivity index (χ2n) is 4.45. The zero-order valence-electron chi connectivity index (χ0n) is 10.8. The van der Waals surface area contributed by atoms with Crippen LogP contribution in [0, 0.1) is 10.1 Å². The minimum Gasteiger partial charge on any atom is -0.355 e. The van der Waals surface area contributed by atoms with Gasteiger partial charge in [0.05, 0.1) is 10.4 Å². The molecule has 1 aromatic heterocycles. The molecule has 0 aliphatic rings. The van der Waals surface area contributed by atoms with Crippen LogP contribution in [0.2, 0.25) is 0 Å². The number of hydrogen-bond acceptors (Lipinski definition) is 4. The van der Waals surface area contributed by atoms with E-state index >= 15 is 0 Å². The van der Waals surface area contributed by atoms with Gasteiger partial charge in [0.25, 0.3) is 5.69 Å². The lowest BCUT2D eigenvalue weighted by Gasteiger charge is -2.09. The molecule has 0 amide bonds. The summed E-state index contributed by atoms with van der Waals surface area (Å²) in [7, 11) is 0. The van der Waals surface area contributed by atoms with Crippen molar-refractivity contribution in [1.82, 2.24) is 4.98 Å². The lowest BCUT2D eigenvalue weighted by Crippen LogP contribution is -1.94. The summed E-state index contributed by atoms with van der Waals surface area (Å²) in [5.74, 6) is 0. The fraction of sp³-hybridized carbons (Fsp3) is 0. The van der Waals surface area contributed by atoms with Gasteiger partial charge in [-0.05, 0) is 30.3 Å². The topological polar surface area (TPSA) is 68.1 Å². The van der Waals surface area contributed by atoms with Crippen molar-refractivity contribution in [2.75, 3.05) is 5.32 Å². The van der Waals surface area contributed by atoms with E-state index < -0.39 is 4.92 Å². The van der Waals surface area contributed by atoms with E-state index in [2.05, 4.69) is 26.2 Å². The van der Waals surface area contributed by atoms with Gasteiger partial charge in [-0.2, -0.15) is 0 Å². The van der Waals surface area contributed by atoms with E-state index in [9.17, 15) is 10.1 Å². The highest BCUT2D eigenvalue weighted by atomic mass is 79.9. The van der Waals surface area contributed by atoms with Crippen molar-refractivity contribution in [2.24, 2.45) is 0 Å². The Morgan fingerprint density at radius 3 is 2.76 bits per heavy atom. The van der Waals surface area contributed by atoms with Crippen molar-refractivity contribution in [3.63, 3.8) is 0 Å². The number of fused-ring (bicyclic) bond motifs is 1. The number of rotatable bonds is 3. The summed E-state index contributed by atoms with van der Waals surface area (Å²) in [4.78, 5) is 14.7. The summed E-state index contributed by atoms with van der Waals surface area (Å²) < 4.78 is 0.955. The molecule has 1 heterocycles. The Labute approximate surface area is 128 Å². The van der Waals surface area contributed by atoms with Crippen LogP contribution in [-0.4, -0.2) is 9.91 Å². The van der Waals surface area contributed by atoms with Crippen LogP contribution in [0.15, 0.2) is 59.2 Å². The second-order valence-corrected chi connectivity index (χ2v) is 5.37. The van der Waals surface area contributed by atoms with Gasteiger partial charge in [0.1, 0.15) is 0 Å². The number of halogens is 1. The molecule has 104 valence electrons. The fourth-order valence-corrected chi connectivity index (χ4v) is 2.48. The summed E-state index contributed by atoms with van der Waals surface area (Å²) in [5, 5.41) is 14.9. The molecule has 0 aliphatic carbocycles. The van der Waals surface area contributed by atoms with Crippen LogP contribution in [0.3, 0.4) is 0 Å². The summed E-state index contributed by atoms with van der Waals surface area (Å²) >= 11 is 3.41. The molecule has 0 radical (unpaired) electrons. The molecule has 21 heavy (non-hydrogen) atoms. The van der Waals surface area contributed by atoms with Crippen molar-refractivity contribution in [1.29, 1.82) is 0 Å². The number of nitrogens with one attached hydrogen (secondary N) is 1. The van der Waals surface area contributed by atoms with Crippen LogP contribution < -0.4 is 5.32 Å². The minimum absolute atomic E-state index is 0.0489. The first kappa shape index (κ1) is 13.5. The van der Waals surface area contributed by atoms with E-state index in [1.807, 2.05) is 24.3 Å². The minimum atomic E-state index is -0.407. The SMILES string of the molecule is O=[N+]([O-])c1ccc2nccc(Nc3cccc(Br)c3)c2c1. The molecule has 0 fully saturated rings. The number of hydrogen-bond donors (Lipinski definition) is 1. The van der Waals surface area contributed by atoms with Gasteiger partial charge in [-0.15, -0.1) is 0 Å². The molecule has 5 nitrogen and oxygen atoms in total. The van der Waals surface area contributed by atoms with Gasteiger partial charge in [0.2, 0.25) is 0 Å². The number of nitro groups is 1. The van der Waals surface area contributed by atoms with E-state index in [-0.39, 0.29) is 5.69 Å². The Kier molecular flexibility index (Phi) is 3.53. The fourth-order valence-electron chi connectivity index (χ4n) is 2.08. The van der Waals surface area contributed by atoms with Crippen LogP contribution >= 0.6 is 15.9 Å². The Bertz CT molecular complexity index is 836. The van der Waals surface area contributed by atoms with Crippen LogP contribution in [0.1, 0.15) is 0 Å². The van der Waals surface area contributed by atoms with Crippen molar-refractivity contribution in [2.45, 2.75) is 0 Å². The molecule has 3 rings (SSSR count). The predicted molar refractivity (Wildman–Crippen MR) is 85.8 cm³/mol. The molecule has 0 saturated heterocycles. The van der Waals surface area contributed by atoms with Crippen LogP contribution in [-0.2, 0) is 0 Å². The Morgan fingerprint density at radius 2 is 2.00 bits per heavy atom. The summed E-state index contributed by atoms with van der Waals surface area (Å²) in [6.45, 7) is 0. The largest absolute Gasteiger partial charge is 0.355 e. The number of anilines is 2. The molecule has 6 heteroatoms. The number of non-ortho nitro benzene ring substituents is 1. The van der Waals surface area contributed by atoms with Gasteiger partial charge in [-0.25, -0.2) is 0 Å². The Morgan fingerprint density at radius 1 is 1.14 bits per heavy atom. The molecular formula is C15H10BrN3O2. The molecule has 0 unspecified atom stereocenters. The van der Waals surface area contributed by atoms with E-state index in [1.54, 1.807) is 18.3 Å². The number of nitrogens with zero attached hydrogens (tertiary/aromatic N) is 2. The smallest absolute Gasteiger partial charge is 0.270 e. The summed E-state index contributed by atoms with van der Waals surface area (Å²) in [5.41, 5.74) is 2.43. The first-order chi connectivity index (χ1) is 10.1. The number of benzene rings is 2. The maximum absolute atomic E-state index is 10.9. The van der Waals surface area contributed by atoms with E-state index in [4.69, 9.17) is 0 Å². The Balaban J connectivity index is 2.09. The van der Waals surface area contributed by atoms with E-state index in [1.165, 1.54) is 12.1 Å². The maximum atomic E-state index is 10.9. The third-order valence-corrected chi connectivity index (χ3v) is 3.53. The standard InChI is InChI=1S/C15H10BrN3O2/c16-10-2-1-3-11(8-10)18-15-6-7-17-14-5-4-12(19(20)21)9-13(14)15/h1-9H,(H,17,18). The number of nitro benzene ring substituents is 1. The van der Waals surface area contributed by atoms with Crippen LogP contribution in [0.25, 0.3) is 10.9 Å². The first-order valence-corrected chi connectivity index (χ1v) is 6.98. The molecule has 0 aliphatic heterocycles. The molecule has 3 aromatic rings. The first-order valence-electron chi connectivity index (χ1n) is 6.19. The third kappa shape index (κ3) is 2.85. The molecule has 0 spiro atoms. The third-order valence-electron chi connectivity index (χ3n) is 3.04. The monoisotopic (exact) mass is 343 g/mol. The van der Waals surface area contributed by atoms with E-state index in [0.29, 0.717) is 10.9 Å². The maximum Gasteiger partial charge on any atom is 0.270 e. The lowest BCUT2D eigenvalue weighted by atomic mass is 10.1. The summed E-state index contributed by atoms with van der Waals surface area (Å²) in [6.07, 6.45) is 1.68. The van der Waals surface area contributed by atoms with Crippen LogP contribution in [0.4, 0.5) is 17.1 Å². The van der Waals surface area contributed by atoms with Crippen molar-refractivity contribution >= 4 is 43.9 Å². The zero-order valence-corrected chi connectivity index (χ0v) is 12.4. The lowest BCUT2D eigenvalue weighted by molar-refractivity contribution is -0.384. The number of aromatic nitrogens is 1. The summed E-state index contributed by atoms with van der Waals surface area (Å²) in [6, 6.07) is 14.1. The van der Waals surface area contributed by atoms with Crippen molar-refractivity contribution < 1.29 is 4.92 Å². The Hall–Kier alpha value is -2.47. The molecule has 0 saturated carbocycles. The van der Waals surface area contributed by atoms with Gasteiger partial charge in [0, 0.05) is 39.6 Å². The highest BCUT2D eigenvalue weighted by molar-refractivity contribution is 9.10. The average molecular weight is 344 g/mol. The normalized spacial score (nSPS) is 10.5. The van der Waals surface area contributed by atoms with Gasteiger partial charge in [-0.3, -0.25) is 15.1 Å². The van der Waals surface area contributed by atoms with Gasteiger partial charge >= 0.3 is 0 Å². The quantitative estimate of drug-likeness (QED) is 0.555. The predicted octanol–water partition coefficient (Wildman–Crippen LogP) is 4.65. The van der Waals surface area contributed by atoms with Gasteiger partial charge in [0.15, 0.2) is 0 Å². The highest BCUT2D eigenvalue weighted by Gasteiger charge is 2.09. The molecule has 0 bridgehead atoms.